The van der Waals surface area contributed by atoms with Crippen LogP contribution in [-0.2, 0) is 4.74 Å². The topological polar surface area (TPSA) is 41.8 Å². The molecular formula is C8H9ClINO2. The number of rotatable bonds is 4. The maximum atomic E-state index is 8.79. The summed E-state index contributed by atoms with van der Waals surface area (Å²) in [6.07, 6.45) is 1.66. The van der Waals surface area contributed by atoms with Crippen LogP contribution in [0.3, 0.4) is 0 Å². The second-order valence-electron chi connectivity index (χ2n) is 2.14. The summed E-state index contributed by atoms with van der Waals surface area (Å²) in [7, 11) is 0. The van der Waals surface area contributed by atoms with Gasteiger partial charge in [-0.05, 0) is 4.08 Å². The van der Waals surface area contributed by atoms with Crippen molar-refractivity contribution in [2.45, 2.75) is 0 Å². The van der Waals surface area contributed by atoms with Crippen LogP contribution < -0.4 is 0 Å². The monoisotopic (exact) mass is 313 g/mol. The van der Waals surface area contributed by atoms with Crippen LogP contribution in [0.15, 0.2) is 27.4 Å². The average Bonchev–Trinajstić information content (AvgIpc) is 2.16. The highest BCUT2D eigenvalue weighted by Gasteiger charge is 2.09. The Labute approximate surface area is 91.5 Å². The van der Waals surface area contributed by atoms with Gasteiger partial charge < -0.3 is 9.84 Å². The second-order valence-corrected chi connectivity index (χ2v) is 4.73. The highest BCUT2D eigenvalue weighted by Crippen LogP contribution is 2.18. The van der Waals surface area contributed by atoms with Crippen LogP contribution in [0.1, 0.15) is 0 Å². The molecule has 0 amide bonds. The van der Waals surface area contributed by atoms with Crippen molar-refractivity contribution in [1.82, 2.24) is 0 Å². The molecular weight excluding hydrogens is 304 g/mol. The lowest BCUT2D eigenvalue weighted by atomic mass is 10.5. The first kappa shape index (κ1) is 11.0. The average molecular weight is 314 g/mol. The molecule has 0 saturated heterocycles. The molecule has 0 spiro atoms. The molecule has 0 fully saturated rings. The van der Waals surface area contributed by atoms with Gasteiger partial charge in [0.25, 0.3) is 0 Å². The fourth-order valence-electron chi connectivity index (χ4n) is 0.645. The third-order valence-electron chi connectivity index (χ3n) is 1.17. The highest BCUT2D eigenvalue weighted by molar-refractivity contribution is 14.2. The van der Waals surface area contributed by atoms with Crippen LogP contribution in [0.25, 0.3) is 0 Å². The summed E-state index contributed by atoms with van der Waals surface area (Å²) < 4.78 is 7.92. The first-order valence-corrected chi connectivity index (χ1v) is 6.26. The Kier molecular flexibility index (Phi) is 4.79. The van der Waals surface area contributed by atoms with Gasteiger partial charge in [-0.2, -0.15) is 0 Å². The van der Waals surface area contributed by atoms with E-state index in [1.165, 1.54) is 0 Å². The highest BCUT2D eigenvalue weighted by atomic mass is 127. The van der Waals surface area contributed by atoms with E-state index in [4.69, 9.17) is 21.4 Å². The Bertz CT molecular complexity index is 297. The molecule has 1 heterocycles. The number of aliphatic hydroxyl groups is 1. The van der Waals surface area contributed by atoms with E-state index >= 15 is 0 Å². The normalized spacial score (nSPS) is 16.6. The molecule has 1 N–H and O–H groups in total. The van der Waals surface area contributed by atoms with Gasteiger partial charge in [-0.1, -0.05) is 38.4 Å². The number of hydrogen-bond donors (Lipinski definition) is 1. The summed E-state index contributed by atoms with van der Waals surface area (Å²) in [5.74, 6) is 0. The van der Waals surface area contributed by atoms with Crippen LogP contribution in [0.4, 0.5) is 0 Å². The summed E-state index contributed by atoms with van der Waals surface area (Å²) in [6.45, 7) is 3.92. The summed E-state index contributed by atoms with van der Waals surface area (Å²) in [5.41, 5.74) is 0.628. The van der Waals surface area contributed by atoms with Gasteiger partial charge in [0, 0.05) is 0 Å². The minimum absolute atomic E-state index is 0.0648. The molecule has 3 nitrogen and oxygen atoms in total. The predicted octanol–water partition coefficient (Wildman–Crippen LogP) is 1.77. The van der Waals surface area contributed by atoms with Crippen molar-refractivity contribution in [1.29, 1.82) is 0 Å². The van der Waals surface area contributed by atoms with Gasteiger partial charge in [-0.25, -0.2) is 4.99 Å². The van der Waals surface area contributed by atoms with E-state index < -0.39 is 0 Å². The lowest BCUT2D eigenvalue weighted by Crippen LogP contribution is -2.12. The maximum Gasteiger partial charge on any atom is 0.165 e. The van der Waals surface area contributed by atoms with Crippen molar-refractivity contribution in [3.8, 4) is 0 Å². The molecule has 1 aliphatic rings. The van der Waals surface area contributed by atoms with Crippen molar-refractivity contribution in [3.63, 3.8) is 0 Å². The summed E-state index contributed by atoms with van der Waals surface area (Å²) in [4.78, 5) is 3.96. The quantitative estimate of drug-likeness (QED) is 0.635. The van der Waals surface area contributed by atoms with Crippen molar-refractivity contribution in [3.05, 3.63) is 22.4 Å². The molecule has 0 aliphatic carbocycles. The van der Waals surface area contributed by atoms with E-state index in [1.807, 2.05) is 4.08 Å². The molecule has 0 aromatic carbocycles. The van der Waals surface area contributed by atoms with Gasteiger partial charge in [-0.15, -0.1) is 6.58 Å². The summed E-state index contributed by atoms with van der Waals surface area (Å²) in [5, 5.41) is 9.15. The second kappa shape index (κ2) is 5.64. The van der Waals surface area contributed by atoms with Gasteiger partial charge in [0.15, 0.2) is 5.17 Å². The maximum absolute atomic E-state index is 8.79. The van der Waals surface area contributed by atoms with Crippen molar-refractivity contribution in [2.24, 2.45) is 4.99 Å². The van der Waals surface area contributed by atoms with Crippen LogP contribution >= 0.6 is 32.3 Å². The molecule has 0 aromatic heterocycles. The molecule has 72 valence electrons. The van der Waals surface area contributed by atoms with Gasteiger partial charge in [0.1, 0.15) is 3.69 Å². The van der Waals surface area contributed by atoms with Crippen LogP contribution in [0.5, 0.6) is 0 Å². The molecule has 0 aromatic rings. The number of hydrogen-bond acceptors (Lipinski definition) is 3. The number of ether oxygens (including phenoxy) is 1. The van der Waals surface area contributed by atoms with E-state index in [9.17, 15) is 0 Å². The number of aliphatic hydroxyl groups excluding tert-OH is 1. The van der Waals surface area contributed by atoms with Crippen LogP contribution in [-0.4, -0.2) is 27.2 Å². The fraction of sp³-hybridized carbons (Fsp3) is 0.250. The van der Waals surface area contributed by atoms with E-state index in [2.05, 4.69) is 11.6 Å². The predicted molar refractivity (Wildman–Crippen MR) is 63.6 cm³/mol. The Morgan fingerprint density at radius 3 is 3.08 bits per heavy atom. The van der Waals surface area contributed by atoms with Crippen LogP contribution in [0.2, 0.25) is 0 Å². The van der Waals surface area contributed by atoms with Gasteiger partial charge >= 0.3 is 0 Å². The molecule has 1 rings (SSSR count). The molecule has 1 aliphatic heterocycles. The Balaban J connectivity index is 2.69. The molecule has 0 atom stereocenters. The molecule has 0 saturated carbocycles. The van der Waals surface area contributed by atoms with Crippen molar-refractivity contribution >= 4 is 41.2 Å². The standard InChI is InChI=1S/C8H9ClINO2/c1-2-3-13-8-7(9)11-6(5-12)4-10-8/h2,4,12H,1,3,5H2. The number of aliphatic imine (C=N–C) groups is 1. The van der Waals surface area contributed by atoms with Gasteiger partial charge in [0.2, 0.25) is 0 Å². The summed E-state index contributed by atoms with van der Waals surface area (Å²) >= 11 is 5.43. The minimum Gasteiger partial charge on any atom is -0.390 e. The third-order valence-corrected chi connectivity index (χ3v) is 4.17. The van der Waals surface area contributed by atoms with E-state index in [0.29, 0.717) is 17.5 Å². The summed E-state index contributed by atoms with van der Waals surface area (Å²) in [6, 6.07) is 0. The van der Waals surface area contributed by atoms with Gasteiger partial charge in [0.05, 0.1) is 18.9 Å². The van der Waals surface area contributed by atoms with Gasteiger partial charge in [-0.3, -0.25) is 0 Å². The fourth-order valence-corrected chi connectivity index (χ4v) is 2.80. The van der Waals surface area contributed by atoms with Crippen LogP contribution in [0, 0.1) is 0 Å². The SMILES string of the molecule is C=CCOC1=IC=C(CO)N=C1Cl. The molecule has 5 heteroatoms. The zero-order chi connectivity index (χ0) is 9.68. The van der Waals surface area contributed by atoms with Crippen molar-refractivity contribution in [2.75, 3.05) is 13.2 Å². The lowest BCUT2D eigenvalue weighted by Gasteiger charge is -2.07. The first-order valence-electron chi connectivity index (χ1n) is 3.56. The Hall–Kier alpha value is -0.0400. The smallest absolute Gasteiger partial charge is 0.165 e. The molecule has 0 unspecified atom stereocenters. The molecule has 13 heavy (non-hydrogen) atoms. The van der Waals surface area contributed by atoms with E-state index in [1.54, 1.807) is 6.08 Å². The Morgan fingerprint density at radius 1 is 1.77 bits per heavy atom. The first-order chi connectivity index (χ1) is 6.27. The Morgan fingerprint density at radius 2 is 2.54 bits per heavy atom. The lowest BCUT2D eigenvalue weighted by molar-refractivity contribution is 0.330. The zero-order valence-electron chi connectivity index (χ0n) is 6.83. The largest absolute Gasteiger partial charge is 0.390 e. The van der Waals surface area contributed by atoms with Crippen molar-refractivity contribution < 1.29 is 9.84 Å². The van der Waals surface area contributed by atoms with E-state index in [0.717, 1.165) is 3.69 Å². The third kappa shape index (κ3) is 3.30. The molecule has 0 bridgehead atoms. The minimum atomic E-state index is -0.389. The number of halogens is 2. The molecule has 0 radical (unpaired) electrons. The zero-order valence-corrected chi connectivity index (χ0v) is 9.75. The number of nitrogens with zero attached hydrogens (tertiary/aromatic N) is 1. The van der Waals surface area contributed by atoms with E-state index in [-0.39, 0.29) is 27.3 Å².